The van der Waals surface area contributed by atoms with Crippen LogP contribution in [0.5, 0.6) is 5.75 Å². The van der Waals surface area contributed by atoms with Crippen LogP contribution in [0.2, 0.25) is 0 Å². The standard InChI is InChI=1S/C18H21N3O3/c1-21(11-12-5-3-8-16(22)20-12)17(23)18(19)10-9-13-14(18)6-4-7-15(13)24-2/h3-8H,9-11,19H2,1-2H3,(H,20,22). The predicted octanol–water partition coefficient (Wildman–Crippen LogP) is 1.14. The Morgan fingerprint density at radius 1 is 1.33 bits per heavy atom. The van der Waals surface area contributed by atoms with Gasteiger partial charge in [0.1, 0.15) is 11.3 Å². The third kappa shape index (κ3) is 2.69. The predicted molar refractivity (Wildman–Crippen MR) is 90.7 cm³/mol. The summed E-state index contributed by atoms with van der Waals surface area (Å²) in [4.78, 5) is 28.7. The lowest BCUT2D eigenvalue weighted by molar-refractivity contribution is -0.136. The number of nitrogens with one attached hydrogen (secondary N) is 1. The highest BCUT2D eigenvalue weighted by Gasteiger charge is 2.44. The van der Waals surface area contributed by atoms with E-state index in [9.17, 15) is 9.59 Å². The molecule has 1 heterocycles. The van der Waals surface area contributed by atoms with E-state index in [1.165, 1.54) is 6.07 Å². The lowest BCUT2D eigenvalue weighted by Gasteiger charge is -2.30. The number of H-pyrrole nitrogens is 1. The van der Waals surface area contributed by atoms with E-state index >= 15 is 0 Å². The first kappa shape index (κ1) is 16.3. The van der Waals surface area contributed by atoms with Crippen molar-refractivity contribution in [2.24, 2.45) is 5.73 Å². The zero-order valence-corrected chi connectivity index (χ0v) is 13.8. The molecule has 1 aromatic carbocycles. The van der Waals surface area contributed by atoms with Gasteiger partial charge < -0.3 is 20.4 Å². The SMILES string of the molecule is COc1cccc2c1CCC2(N)C(=O)N(C)Cc1cccc(=O)[nH]1. The third-order valence-electron chi connectivity index (χ3n) is 4.57. The normalized spacial score (nSPS) is 19.0. The van der Waals surface area contributed by atoms with E-state index in [2.05, 4.69) is 4.98 Å². The number of benzene rings is 1. The van der Waals surface area contributed by atoms with Gasteiger partial charge in [-0.25, -0.2) is 0 Å². The average molecular weight is 327 g/mol. The van der Waals surface area contributed by atoms with Gasteiger partial charge in [-0.1, -0.05) is 18.2 Å². The van der Waals surface area contributed by atoms with Gasteiger partial charge in [0.05, 0.1) is 13.7 Å². The Morgan fingerprint density at radius 3 is 2.79 bits per heavy atom. The van der Waals surface area contributed by atoms with E-state index in [1.807, 2.05) is 18.2 Å². The van der Waals surface area contributed by atoms with E-state index in [-0.39, 0.29) is 11.5 Å². The summed E-state index contributed by atoms with van der Waals surface area (Å²) < 4.78 is 5.38. The number of carbonyl (C=O) groups is 1. The summed E-state index contributed by atoms with van der Waals surface area (Å²) in [5, 5.41) is 0. The lowest BCUT2D eigenvalue weighted by atomic mass is 9.91. The molecule has 0 spiro atoms. The van der Waals surface area contributed by atoms with E-state index < -0.39 is 5.54 Å². The molecule has 0 aliphatic heterocycles. The first-order valence-corrected chi connectivity index (χ1v) is 7.85. The van der Waals surface area contributed by atoms with E-state index in [4.69, 9.17) is 10.5 Å². The zero-order chi connectivity index (χ0) is 17.3. The van der Waals surface area contributed by atoms with Gasteiger partial charge in [-0.05, 0) is 36.1 Å². The molecule has 24 heavy (non-hydrogen) atoms. The van der Waals surface area contributed by atoms with Gasteiger partial charge in [0.15, 0.2) is 0 Å². The number of fused-ring (bicyclic) bond motifs is 1. The molecule has 6 heteroatoms. The molecule has 1 unspecified atom stereocenters. The van der Waals surface area contributed by atoms with Gasteiger partial charge in [-0.3, -0.25) is 9.59 Å². The number of aromatic amines is 1. The molecule has 0 radical (unpaired) electrons. The molecule has 3 N–H and O–H groups in total. The van der Waals surface area contributed by atoms with Crippen molar-refractivity contribution < 1.29 is 9.53 Å². The Bertz CT molecular complexity index is 830. The third-order valence-corrected chi connectivity index (χ3v) is 4.57. The summed E-state index contributed by atoms with van der Waals surface area (Å²) in [6, 6.07) is 10.5. The second kappa shape index (κ2) is 6.13. The fourth-order valence-electron chi connectivity index (χ4n) is 3.37. The minimum absolute atomic E-state index is 0.167. The van der Waals surface area contributed by atoms with Gasteiger partial charge in [-0.2, -0.15) is 0 Å². The van der Waals surface area contributed by atoms with Crippen molar-refractivity contribution >= 4 is 5.91 Å². The Balaban J connectivity index is 1.87. The summed E-state index contributed by atoms with van der Waals surface area (Å²) in [7, 11) is 3.31. The molecular weight excluding hydrogens is 306 g/mol. The van der Waals surface area contributed by atoms with Crippen LogP contribution in [0.1, 0.15) is 23.2 Å². The second-order valence-electron chi connectivity index (χ2n) is 6.16. The summed E-state index contributed by atoms with van der Waals surface area (Å²) in [5.74, 6) is 0.599. The van der Waals surface area contributed by atoms with Crippen molar-refractivity contribution in [2.45, 2.75) is 24.9 Å². The van der Waals surface area contributed by atoms with Crippen LogP contribution in [-0.4, -0.2) is 29.9 Å². The van der Waals surface area contributed by atoms with Crippen LogP contribution in [0.15, 0.2) is 41.2 Å². The Kier molecular flexibility index (Phi) is 4.15. The molecule has 1 aliphatic rings. The van der Waals surface area contributed by atoms with Crippen LogP contribution in [0.25, 0.3) is 0 Å². The van der Waals surface area contributed by atoms with E-state index in [0.717, 1.165) is 16.9 Å². The van der Waals surface area contributed by atoms with E-state index in [1.54, 1.807) is 31.2 Å². The molecule has 3 rings (SSSR count). The number of ether oxygens (including phenoxy) is 1. The number of carbonyl (C=O) groups excluding carboxylic acids is 1. The monoisotopic (exact) mass is 327 g/mol. The second-order valence-corrected chi connectivity index (χ2v) is 6.16. The molecule has 0 bridgehead atoms. The first-order valence-electron chi connectivity index (χ1n) is 7.85. The topological polar surface area (TPSA) is 88.4 Å². The Labute approximate surface area is 140 Å². The van der Waals surface area contributed by atoms with Crippen LogP contribution in [-0.2, 0) is 23.3 Å². The highest BCUT2D eigenvalue weighted by atomic mass is 16.5. The van der Waals surface area contributed by atoms with Gasteiger partial charge in [0, 0.05) is 18.8 Å². The van der Waals surface area contributed by atoms with E-state index in [0.29, 0.717) is 25.1 Å². The Hall–Kier alpha value is -2.60. The molecule has 6 nitrogen and oxygen atoms in total. The molecule has 0 saturated heterocycles. The molecule has 1 atom stereocenters. The number of nitrogens with zero attached hydrogens (tertiary/aromatic N) is 1. The van der Waals surface area contributed by atoms with Crippen LogP contribution < -0.4 is 16.0 Å². The number of pyridine rings is 1. The van der Waals surface area contributed by atoms with Crippen LogP contribution in [0.3, 0.4) is 0 Å². The zero-order valence-electron chi connectivity index (χ0n) is 13.8. The van der Waals surface area contributed by atoms with Crippen LogP contribution in [0.4, 0.5) is 0 Å². The maximum Gasteiger partial charge on any atom is 0.248 e. The fraction of sp³-hybridized carbons (Fsp3) is 0.333. The molecule has 1 aliphatic carbocycles. The highest BCUT2D eigenvalue weighted by molar-refractivity contribution is 5.89. The fourth-order valence-corrected chi connectivity index (χ4v) is 3.37. The van der Waals surface area contributed by atoms with Crippen molar-refractivity contribution in [3.63, 3.8) is 0 Å². The number of hydrogen-bond acceptors (Lipinski definition) is 4. The number of methoxy groups -OCH3 is 1. The van der Waals surface area contributed by atoms with Crippen molar-refractivity contribution in [1.29, 1.82) is 0 Å². The molecule has 1 amide bonds. The maximum absolute atomic E-state index is 13.0. The Morgan fingerprint density at radius 2 is 2.08 bits per heavy atom. The van der Waals surface area contributed by atoms with Gasteiger partial charge in [0.25, 0.3) is 0 Å². The van der Waals surface area contributed by atoms with Crippen LogP contribution in [0, 0.1) is 0 Å². The average Bonchev–Trinajstić information content (AvgIpc) is 2.92. The van der Waals surface area contributed by atoms with Crippen molar-refractivity contribution in [1.82, 2.24) is 9.88 Å². The van der Waals surface area contributed by atoms with Crippen molar-refractivity contribution in [3.8, 4) is 5.75 Å². The first-order chi connectivity index (χ1) is 11.5. The minimum atomic E-state index is -1.06. The number of nitrogens with two attached hydrogens (primary N) is 1. The number of likely N-dealkylation sites (N-methyl/N-ethyl adjacent to an activating group) is 1. The highest BCUT2D eigenvalue weighted by Crippen LogP contribution is 2.40. The molecule has 126 valence electrons. The molecule has 1 aromatic heterocycles. The van der Waals surface area contributed by atoms with Crippen molar-refractivity contribution in [3.05, 3.63) is 63.6 Å². The molecule has 0 saturated carbocycles. The van der Waals surface area contributed by atoms with Gasteiger partial charge >= 0.3 is 0 Å². The smallest absolute Gasteiger partial charge is 0.248 e. The number of aromatic nitrogens is 1. The minimum Gasteiger partial charge on any atom is -0.496 e. The van der Waals surface area contributed by atoms with Gasteiger partial charge in [0.2, 0.25) is 11.5 Å². The molecule has 2 aromatic rings. The van der Waals surface area contributed by atoms with Crippen molar-refractivity contribution in [2.75, 3.05) is 14.2 Å². The lowest BCUT2D eigenvalue weighted by Crippen LogP contribution is -2.50. The summed E-state index contributed by atoms with van der Waals surface area (Å²) in [6.07, 6.45) is 1.24. The van der Waals surface area contributed by atoms with Crippen LogP contribution >= 0.6 is 0 Å². The number of amides is 1. The summed E-state index contributed by atoms with van der Waals surface area (Å²) in [6.45, 7) is 0.299. The summed E-state index contributed by atoms with van der Waals surface area (Å²) in [5.41, 5.74) is 7.74. The number of rotatable bonds is 4. The van der Waals surface area contributed by atoms with Gasteiger partial charge in [-0.15, -0.1) is 0 Å². The number of hydrogen-bond donors (Lipinski definition) is 2. The molecule has 0 fully saturated rings. The quantitative estimate of drug-likeness (QED) is 0.881. The summed E-state index contributed by atoms with van der Waals surface area (Å²) >= 11 is 0. The largest absolute Gasteiger partial charge is 0.496 e. The molecular formula is C18H21N3O3. The maximum atomic E-state index is 13.0.